The van der Waals surface area contributed by atoms with Crippen LogP contribution in [0.1, 0.15) is 30.9 Å². The molecule has 2 aromatic carbocycles. The molecule has 4 nitrogen and oxygen atoms in total. The lowest BCUT2D eigenvalue weighted by atomic mass is 9.98. The minimum absolute atomic E-state index is 0.0187. The first-order chi connectivity index (χ1) is 12.4. The van der Waals surface area contributed by atoms with E-state index in [1.807, 2.05) is 38.2 Å². The van der Waals surface area contributed by atoms with Crippen molar-refractivity contribution in [2.45, 2.75) is 26.7 Å². The smallest absolute Gasteiger partial charge is 0.279 e. The molecule has 2 rings (SSSR count). The summed E-state index contributed by atoms with van der Waals surface area (Å²) in [4.78, 5) is 13.5. The third-order valence-corrected chi connectivity index (χ3v) is 4.52. The van der Waals surface area contributed by atoms with Gasteiger partial charge in [0.25, 0.3) is 5.91 Å². The van der Waals surface area contributed by atoms with Crippen molar-refractivity contribution in [3.63, 3.8) is 0 Å². The Morgan fingerprint density at radius 3 is 2.54 bits per heavy atom. The summed E-state index contributed by atoms with van der Waals surface area (Å²) < 4.78 is 5.69. The summed E-state index contributed by atoms with van der Waals surface area (Å²) in [6.07, 6.45) is 0. The lowest BCUT2D eigenvalue weighted by Gasteiger charge is -2.18. The summed E-state index contributed by atoms with van der Waals surface area (Å²) in [5.41, 5.74) is 3.20. The molecule has 0 saturated heterocycles. The molecule has 5 heteroatoms. The average Bonchev–Trinajstić information content (AvgIpc) is 2.58. The zero-order chi connectivity index (χ0) is 19.1. The van der Waals surface area contributed by atoms with Gasteiger partial charge in [-0.3, -0.25) is 4.79 Å². The number of halogens is 1. The summed E-state index contributed by atoms with van der Waals surface area (Å²) >= 11 is 5.86. The number of anilines is 1. The molecule has 1 unspecified atom stereocenters. The predicted molar refractivity (Wildman–Crippen MR) is 107 cm³/mol. The third-order valence-electron chi connectivity index (χ3n) is 4.26. The number of para-hydroxylation sites is 1. The number of carbonyl (C=O) groups is 1. The molecule has 0 aliphatic heterocycles. The van der Waals surface area contributed by atoms with Crippen molar-refractivity contribution < 1.29 is 14.4 Å². The van der Waals surface area contributed by atoms with E-state index in [1.54, 1.807) is 12.1 Å². The van der Waals surface area contributed by atoms with Crippen LogP contribution < -0.4 is 15.0 Å². The summed E-state index contributed by atoms with van der Waals surface area (Å²) in [5, 5.41) is 3.78. The Bertz CT molecular complexity index is 729. The molecule has 0 aliphatic rings. The van der Waals surface area contributed by atoms with Crippen molar-refractivity contribution in [2.24, 2.45) is 0 Å². The monoisotopic (exact) mass is 375 g/mol. The van der Waals surface area contributed by atoms with E-state index in [2.05, 4.69) is 25.2 Å². The molecule has 1 amide bonds. The normalized spacial score (nSPS) is 12.1. The maximum absolute atomic E-state index is 12.4. The number of aryl methyl sites for hydroxylation is 1. The number of amides is 1. The number of hydrogen-bond donors (Lipinski definition) is 2. The summed E-state index contributed by atoms with van der Waals surface area (Å²) in [5.74, 6) is 1.17. The minimum atomic E-state index is 0.0187. The molecule has 0 saturated carbocycles. The number of benzene rings is 2. The van der Waals surface area contributed by atoms with Crippen LogP contribution in [0.5, 0.6) is 5.75 Å². The van der Waals surface area contributed by atoms with Crippen LogP contribution in [0, 0.1) is 6.92 Å². The van der Waals surface area contributed by atoms with Crippen LogP contribution in [0.25, 0.3) is 0 Å². The second-order valence-electron chi connectivity index (χ2n) is 6.93. The highest BCUT2D eigenvalue weighted by Gasteiger charge is 2.15. The van der Waals surface area contributed by atoms with E-state index >= 15 is 0 Å². The number of quaternary nitrogens is 1. The molecular weight excluding hydrogens is 348 g/mol. The third kappa shape index (κ3) is 6.04. The van der Waals surface area contributed by atoms with Gasteiger partial charge in [0, 0.05) is 10.7 Å². The maximum atomic E-state index is 12.4. The Hall–Kier alpha value is -2.04. The SMILES string of the molecule is Cc1cccc(C(C)C)c1NC(=O)C[NH+](C)CCOc1ccc(Cl)cc1. The van der Waals surface area contributed by atoms with Crippen LogP contribution in [0.2, 0.25) is 5.02 Å². The summed E-state index contributed by atoms with van der Waals surface area (Å²) in [7, 11) is 1.99. The van der Waals surface area contributed by atoms with Crippen LogP contribution in [0.4, 0.5) is 5.69 Å². The van der Waals surface area contributed by atoms with E-state index < -0.39 is 0 Å². The molecule has 1 atom stereocenters. The summed E-state index contributed by atoms with van der Waals surface area (Å²) in [6, 6.07) is 13.4. The highest BCUT2D eigenvalue weighted by atomic mass is 35.5. The Kier molecular flexibility index (Phi) is 7.49. The molecule has 0 heterocycles. The topological polar surface area (TPSA) is 42.8 Å². The Morgan fingerprint density at radius 1 is 1.19 bits per heavy atom. The zero-order valence-corrected chi connectivity index (χ0v) is 16.7. The molecule has 0 bridgehead atoms. The van der Waals surface area contributed by atoms with Crippen LogP contribution >= 0.6 is 11.6 Å². The number of ether oxygens (including phenoxy) is 1. The molecule has 0 fully saturated rings. The van der Waals surface area contributed by atoms with E-state index in [4.69, 9.17) is 16.3 Å². The quantitative estimate of drug-likeness (QED) is 0.743. The number of hydrogen-bond acceptors (Lipinski definition) is 2. The second-order valence-corrected chi connectivity index (χ2v) is 7.36. The lowest BCUT2D eigenvalue weighted by molar-refractivity contribution is -0.871. The van der Waals surface area contributed by atoms with Crippen molar-refractivity contribution in [2.75, 3.05) is 32.1 Å². The number of nitrogens with one attached hydrogen (secondary N) is 2. The predicted octanol–water partition coefficient (Wildman–Crippen LogP) is 3.30. The first-order valence-electron chi connectivity index (χ1n) is 8.96. The first kappa shape index (κ1) is 20.3. The minimum Gasteiger partial charge on any atom is -0.488 e. The Morgan fingerprint density at radius 2 is 1.88 bits per heavy atom. The van der Waals surface area contributed by atoms with Gasteiger partial charge in [-0.15, -0.1) is 0 Å². The number of carbonyl (C=O) groups excluding carboxylic acids is 1. The van der Waals surface area contributed by atoms with Gasteiger partial charge >= 0.3 is 0 Å². The Labute approximate surface area is 161 Å². The standard InChI is InChI=1S/C21H27ClN2O2/c1-15(2)19-7-5-6-16(3)21(19)23-20(25)14-24(4)12-13-26-18-10-8-17(22)9-11-18/h5-11,15H,12-14H2,1-4H3,(H,23,25)/p+1. The van der Waals surface area contributed by atoms with Gasteiger partial charge in [-0.25, -0.2) is 0 Å². The van der Waals surface area contributed by atoms with Crippen LogP contribution in [0.15, 0.2) is 42.5 Å². The van der Waals surface area contributed by atoms with E-state index in [-0.39, 0.29) is 5.91 Å². The van der Waals surface area contributed by atoms with Gasteiger partial charge in [-0.05, 0) is 48.2 Å². The number of rotatable bonds is 8. The zero-order valence-electron chi connectivity index (χ0n) is 15.9. The van der Waals surface area contributed by atoms with Crippen molar-refractivity contribution in [3.05, 3.63) is 58.6 Å². The van der Waals surface area contributed by atoms with Gasteiger partial charge in [-0.2, -0.15) is 0 Å². The fourth-order valence-electron chi connectivity index (χ4n) is 2.76. The van der Waals surface area contributed by atoms with Gasteiger partial charge in [0.2, 0.25) is 0 Å². The maximum Gasteiger partial charge on any atom is 0.279 e. The molecule has 0 aliphatic carbocycles. The fourth-order valence-corrected chi connectivity index (χ4v) is 2.89. The van der Waals surface area contributed by atoms with Crippen molar-refractivity contribution >= 4 is 23.2 Å². The molecular formula is C21H28ClN2O2+. The second kappa shape index (κ2) is 9.60. The van der Waals surface area contributed by atoms with Gasteiger partial charge in [0.05, 0.1) is 7.05 Å². The highest BCUT2D eigenvalue weighted by molar-refractivity contribution is 6.30. The van der Waals surface area contributed by atoms with E-state index in [0.29, 0.717) is 24.1 Å². The molecule has 140 valence electrons. The lowest BCUT2D eigenvalue weighted by Crippen LogP contribution is -3.10. The van der Waals surface area contributed by atoms with Gasteiger partial charge in [0.15, 0.2) is 6.54 Å². The molecule has 2 aromatic rings. The first-order valence-corrected chi connectivity index (χ1v) is 9.33. The fraction of sp³-hybridized carbons (Fsp3) is 0.381. The van der Waals surface area contributed by atoms with E-state index in [1.165, 1.54) is 5.56 Å². The molecule has 0 aromatic heterocycles. The average molecular weight is 376 g/mol. The van der Waals surface area contributed by atoms with E-state index in [9.17, 15) is 4.79 Å². The molecule has 0 spiro atoms. The van der Waals surface area contributed by atoms with Crippen molar-refractivity contribution in [1.82, 2.24) is 0 Å². The largest absolute Gasteiger partial charge is 0.488 e. The van der Waals surface area contributed by atoms with Crippen LogP contribution in [-0.4, -0.2) is 32.7 Å². The van der Waals surface area contributed by atoms with Crippen molar-refractivity contribution in [1.29, 1.82) is 0 Å². The van der Waals surface area contributed by atoms with Crippen LogP contribution in [0.3, 0.4) is 0 Å². The molecule has 26 heavy (non-hydrogen) atoms. The van der Waals surface area contributed by atoms with Crippen LogP contribution in [-0.2, 0) is 4.79 Å². The highest BCUT2D eigenvalue weighted by Crippen LogP contribution is 2.27. The van der Waals surface area contributed by atoms with Gasteiger partial charge < -0.3 is 15.0 Å². The molecule has 0 radical (unpaired) electrons. The molecule has 2 N–H and O–H groups in total. The van der Waals surface area contributed by atoms with Gasteiger partial charge in [-0.1, -0.05) is 43.6 Å². The Balaban J connectivity index is 1.83. The van der Waals surface area contributed by atoms with E-state index in [0.717, 1.165) is 28.4 Å². The summed E-state index contributed by atoms with van der Waals surface area (Å²) in [6.45, 7) is 7.98. The van der Waals surface area contributed by atoms with Crippen molar-refractivity contribution in [3.8, 4) is 5.75 Å². The number of likely N-dealkylation sites (N-methyl/N-ethyl adjacent to an activating group) is 1. The van der Waals surface area contributed by atoms with Gasteiger partial charge in [0.1, 0.15) is 18.9 Å².